The molecule has 0 spiro atoms. The molecule has 1 saturated carbocycles. The summed E-state index contributed by atoms with van der Waals surface area (Å²) in [5.74, 6) is 1.49. The fraction of sp³-hybridized carbons (Fsp3) is 0.538. The molecule has 17 heavy (non-hydrogen) atoms. The highest BCUT2D eigenvalue weighted by Gasteiger charge is 2.42. The number of nitrogens with zero attached hydrogens (tertiary/aromatic N) is 3. The van der Waals surface area contributed by atoms with Crippen molar-refractivity contribution in [3.05, 3.63) is 29.7 Å². The van der Waals surface area contributed by atoms with Crippen molar-refractivity contribution in [1.82, 2.24) is 14.6 Å². The van der Waals surface area contributed by atoms with E-state index < -0.39 is 0 Å². The first-order valence-corrected chi connectivity index (χ1v) is 6.22. The molecule has 0 unspecified atom stereocenters. The number of aromatic nitrogens is 3. The molecule has 2 aromatic heterocycles. The quantitative estimate of drug-likeness (QED) is 0.875. The van der Waals surface area contributed by atoms with E-state index in [4.69, 9.17) is 5.73 Å². The fourth-order valence-electron chi connectivity index (χ4n) is 2.19. The smallest absolute Gasteiger partial charge is 0.160 e. The van der Waals surface area contributed by atoms with Gasteiger partial charge in [0.2, 0.25) is 0 Å². The molecule has 1 fully saturated rings. The van der Waals surface area contributed by atoms with Crippen LogP contribution in [-0.4, -0.2) is 14.6 Å². The first-order chi connectivity index (χ1) is 8.08. The zero-order valence-corrected chi connectivity index (χ0v) is 10.3. The lowest BCUT2D eigenvalue weighted by molar-refractivity contribution is 0.620. The van der Waals surface area contributed by atoms with Gasteiger partial charge < -0.3 is 5.73 Å². The zero-order chi connectivity index (χ0) is 12.0. The van der Waals surface area contributed by atoms with Gasteiger partial charge in [-0.25, -0.2) is 9.50 Å². The minimum absolute atomic E-state index is 0.148. The average molecular weight is 230 g/mol. The Balaban J connectivity index is 2.09. The highest BCUT2D eigenvalue weighted by molar-refractivity contribution is 5.53. The molecule has 4 heteroatoms. The first-order valence-electron chi connectivity index (χ1n) is 6.22. The third-order valence-electron chi connectivity index (χ3n) is 3.32. The zero-order valence-electron chi connectivity index (χ0n) is 10.3. The number of rotatable bonds is 3. The predicted molar refractivity (Wildman–Crippen MR) is 66.6 cm³/mol. The summed E-state index contributed by atoms with van der Waals surface area (Å²) in [6.45, 7) is 4.36. The Labute approximate surface area is 101 Å². The van der Waals surface area contributed by atoms with Crippen molar-refractivity contribution in [3.63, 3.8) is 0 Å². The van der Waals surface area contributed by atoms with Gasteiger partial charge in [-0.2, -0.15) is 5.10 Å². The van der Waals surface area contributed by atoms with E-state index in [1.54, 1.807) is 0 Å². The number of nitrogens with two attached hydrogens (primary N) is 1. The summed E-state index contributed by atoms with van der Waals surface area (Å²) < 4.78 is 1.86. The molecule has 2 N–H and O–H groups in total. The molecule has 4 nitrogen and oxygen atoms in total. The minimum atomic E-state index is -0.148. The Morgan fingerprint density at radius 1 is 1.47 bits per heavy atom. The fourth-order valence-corrected chi connectivity index (χ4v) is 2.19. The molecule has 0 bridgehead atoms. The van der Waals surface area contributed by atoms with E-state index in [0.29, 0.717) is 5.92 Å². The van der Waals surface area contributed by atoms with Crippen LogP contribution in [0, 0.1) is 5.92 Å². The van der Waals surface area contributed by atoms with Gasteiger partial charge in [-0.05, 0) is 24.8 Å². The third-order valence-corrected chi connectivity index (χ3v) is 3.32. The van der Waals surface area contributed by atoms with Crippen LogP contribution in [0.5, 0.6) is 0 Å². The Bertz CT molecular complexity index is 552. The van der Waals surface area contributed by atoms with Crippen LogP contribution < -0.4 is 5.73 Å². The Hall–Kier alpha value is -1.42. The van der Waals surface area contributed by atoms with E-state index in [0.717, 1.165) is 36.3 Å². The van der Waals surface area contributed by atoms with Crippen LogP contribution in [0.15, 0.2) is 18.3 Å². The molecule has 0 radical (unpaired) electrons. The largest absolute Gasteiger partial charge is 0.321 e. The van der Waals surface area contributed by atoms with Crippen molar-refractivity contribution in [3.8, 4) is 0 Å². The lowest BCUT2D eigenvalue weighted by Gasteiger charge is -2.08. The highest BCUT2D eigenvalue weighted by atomic mass is 15.3. The molecule has 2 heterocycles. The van der Waals surface area contributed by atoms with E-state index in [1.165, 1.54) is 0 Å². The van der Waals surface area contributed by atoms with E-state index in [2.05, 4.69) is 30.0 Å². The van der Waals surface area contributed by atoms with Crippen molar-refractivity contribution in [2.75, 3.05) is 0 Å². The summed E-state index contributed by atoms with van der Waals surface area (Å²) in [4.78, 5) is 4.63. The predicted octanol–water partition coefficient (Wildman–Crippen LogP) is 1.88. The topological polar surface area (TPSA) is 56.2 Å². The van der Waals surface area contributed by atoms with Gasteiger partial charge in [-0.15, -0.1) is 0 Å². The van der Waals surface area contributed by atoms with E-state index >= 15 is 0 Å². The Kier molecular flexibility index (Phi) is 2.23. The lowest BCUT2D eigenvalue weighted by Crippen LogP contribution is -2.19. The van der Waals surface area contributed by atoms with Crippen molar-refractivity contribution in [2.45, 2.75) is 38.6 Å². The standard InChI is InChI=1S/C13H18N4/c1-9(2)8-11-15-12-10(13(14)5-6-13)4-3-7-17(12)16-11/h3-4,7,9H,5-6,8,14H2,1-2H3. The monoisotopic (exact) mass is 230 g/mol. The number of fused-ring (bicyclic) bond motifs is 1. The molecule has 0 saturated heterocycles. The van der Waals surface area contributed by atoms with Gasteiger partial charge in [-0.1, -0.05) is 19.9 Å². The lowest BCUT2D eigenvalue weighted by atomic mass is 10.1. The highest BCUT2D eigenvalue weighted by Crippen LogP contribution is 2.43. The van der Waals surface area contributed by atoms with Crippen molar-refractivity contribution in [1.29, 1.82) is 0 Å². The van der Waals surface area contributed by atoms with Gasteiger partial charge >= 0.3 is 0 Å². The summed E-state index contributed by atoms with van der Waals surface area (Å²) in [7, 11) is 0. The van der Waals surface area contributed by atoms with E-state index in [9.17, 15) is 0 Å². The minimum Gasteiger partial charge on any atom is -0.321 e. The molecule has 0 amide bonds. The van der Waals surface area contributed by atoms with Gasteiger partial charge in [0.05, 0.1) is 0 Å². The molecule has 1 aliphatic carbocycles. The number of pyridine rings is 1. The number of hydrogen-bond acceptors (Lipinski definition) is 3. The molecule has 1 aliphatic rings. The normalized spacial score (nSPS) is 17.9. The van der Waals surface area contributed by atoms with Crippen LogP contribution in [0.4, 0.5) is 0 Å². The van der Waals surface area contributed by atoms with Gasteiger partial charge in [0.25, 0.3) is 0 Å². The Morgan fingerprint density at radius 2 is 2.24 bits per heavy atom. The molecular weight excluding hydrogens is 212 g/mol. The molecule has 90 valence electrons. The summed E-state index contributed by atoms with van der Waals surface area (Å²) in [6, 6.07) is 4.08. The van der Waals surface area contributed by atoms with Crippen molar-refractivity contribution >= 4 is 5.65 Å². The van der Waals surface area contributed by atoms with Gasteiger partial charge in [0.1, 0.15) is 0 Å². The van der Waals surface area contributed by atoms with Gasteiger partial charge in [-0.3, -0.25) is 0 Å². The van der Waals surface area contributed by atoms with Gasteiger partial charge in [0, 0.05) is 23.7 Å². The van der Waals surface area contributed by atoms with E-state index in [-0.39, 0.29) is 5.54 Å². The number of hydrogen-bond donors (Lipinski definition) is 1. The maximum Gasteiger partial charge on any atom is 0.160 e. The maximum absolute atomic E-state index is 6.26. The van der Waals surface area contributed by atoms with Crippen molar-refractivity contribution in [2.24, 2.45) is 11.7 Å². The molecule has 0 aliphatic heterocycles. The van der Waals surface area contributed by atoms with Crippen molar-refractivity contribution < 1.29 is 0 Å². The first kappa shape index (κ1) is 10.7. The second-order valence-electron chi connectivity index (χ2n) is 5.47. The molecule has 2 aromatic rings. The SMILES string of the molecule is CC(C)Cc1nc2c(C3(N)CC3)cccn2n1. The van der Waals surface area contributed by atoms with Crippen LogP contribution in [0.2, 0.25) is 0 Å². The summed E-state index contributed by atoms with van der Waals surface area (Å²) in [5, 5.41) is 4.50. The summed E-state index contributed by atoms with van der Waals surface area (Å²) in [6.07, 6.45) is 4.97. The van der Waals surface area contributed by atoms with Crippen LogP contribution >= 0.6 is 0 Å². The van der Waals surface area contributed by atoms with Crippen LogP contribution in [0.25, 0.3) is 5.65 Å². The van der Waals surface area contributed by atoms with Crippen LogP contribution in [0.1, 0.15) is 38.1 Å². The van der Waals surface area contributed by atoms with E-state index in [1.807, 2.05) is 16.8 Å². The maximum atomic E-state index is 6.26. The summed E-state index contributed by atoms with van der Waals surface area (Å²) >= 11 is 0. The molecule has 0 atom stereocenters. The van der Waals surface area contributed by atoms with Crippen LogP contribution in [0.3, 0.4) is 0 Å². The second-order valence-corrected chi connectivity index (χ2v) is 5.47. The third kappa shape index (κ3) is 1.82. The summed E-state index contributed by atoms with van der Waals surface area (Å²) in [5.41, 5.74) is 8.19. The average Bonchev–Trinajstić information content (AvgIpc) is 2.88. The molecule has 0 aromatic carbocycles. The van der Waals surface area contributed by atoms with Crippen LogP contribution in [-0.2, 0) is 12.0 Å². The molecular formula is C13H18N4. The molecule has 3 rings (SSSR count). The second kappa shape index (κ2) is 3.53. The Morgan fingerprint density at radius 3 is 2.88 bits per heavy atom. The van der Waals surface area contributed by atoms with Gasteiger partial charge in [0.15, 0.2) is 11.5 Å².